The first kappa shape index (κ1) is 12.2. The minimum absolute atomic E-state index is 0.0519. The van der Waals surface area contributed by atoms with Crippen LogP contribution < -0.4 is 4.74 Å². The molecule has 0 aliphatic heterocycles. The quantitative estimate of drug-likeness (QED) is 0.773. The van der Waals surface area contributed by atoms with Gasteiger partial charge in [0.2, 0.25) is 0 Å². The number of carbonyl (C=O) groups is 1. The van der Waals surface area contributed by atoms with Crippen molar-refractivity contribution in [3.05, 3.63) is 53.6 Å². The summed E-state index contributed by atoms with van der Waals surface area (Å²) in [7, 11) is 0. The maximum absolute atomic E-state index is 11.2. The van der Waals surface area contributed by atoms with Crippen LogP contribution in [0.15, 0.2) is 36.7 Å². The molecule has 1 aromatic heterocycles. The molecular weight excluding hydrogens is 228 g/mol. The number of benzene rings is 1. The lowest BCUT2D eigenvalue weighted by Crippen LogP contribution is -2.02. The molecule has 4 heteroatoms. The Balaban J connectivity index is 2.08. The highest BCUT2D eigenvalue weighted by molar-refractivity contribution is 5.94. The Morgan fingerprint density at radius 3 is 2.61 bits per heavy atom. The minimum Gasteiger partial charge on any atom is -0.485 e. The van der Waals surface area contributed by atoms with Crippen molar-refractivity contribution in [2.24, 2.45) is 0 Å². The predicted octanol–water partition coefficient (Wildman–Crippen LogP) is 2.57. The van der Waals surface area contributed by atoms with Gasteiger partial charge in [-0.3, -0.25) is 4.79 Å². The van der Waals surface area contributed by atoms with Gasteiger partial charge in [-0.1, -0.05) is 0 Å². The summed E-state index contributed by atoms with van der Waals surface area (Å²) in [5.41, 5.74) is 1.62. The zero-order valence-corrected chi connectivity index (χ0v) is 10.4. The summed E-state index contributed by atoms with van der Waals surface area (Å²) >= 11 is 0. The fraction of sp³-hybridized carbons (Fsp3) is 0.214. The molecule has 0 aliphatic rings. The number of carbonyl (C=O) groups excluding carboxylic acids is 1. The van der Waals surface area contributed by atoms with E-state index in [1.165, 1.54) is 0 Å². The van der Waals surface area contributed by atoms with Crippen molar-refractivity contribution in [1.82, 2.24) is 9.97 Å². The summed E-state index contributed by atoms with van der Waals surface area (Å²) in [5, 5.41) is 0. The van der Waals surface area contributed by atoms with Gasteiger partial charge in [-0.15, -0.1) is 0 Å². The predicted molar refractivity (Wildman–Crippen MR) is 67.5 cm³/mol. The summed E-state index contributed by atoms with van der Waals surface area (Å²) in [6.07, 6.45) is 3.36. The molecule has 2 rings (SSSR count). The average molecular weight is 242 g/mol. The van der Waals surface area contributed by atoms with E-state index in [1.807, 2.05) is 13.0 Å². The molecule has 0 N–H and O–H groups in total. The van der Waals surface area contributed by atoms with Gasteiger partial charge in [0.25, 0.3) is 0 Å². The summed E-state index contributed by atoms with van der Waals surface area (Å²) < 4.78 is 5.62. The van der Waals surface area contributed by atoms with E-state index >= 15 is 0 Å². The summed E-state index contributed by atoms with van der Waals surface area (Å²) in [4.78, 5) is 19.4. The van der Waals surface area contributed by atoms with Crippen LogP contribution >= 0.6 is 0 Å². The van der Waals surface area contributed by atoms with Gasteiger partial charge in [0, 0.05) is 18.0 Å². The Kier molecular flexibility index (Phi) is 3.67. The maximum Gasteiger partial charge on any atom is 0.166 e. The first-order valence-electron chi connectivity index (χ1n) is 5.67. The minimum atomic E-state index is 0.0519. The van der Waals surface area contributed by atoms with Crippen LogP contribution in [0.1, 0.15) is 28.7 Å². The van der Waals surface area contributed by atoms with E-state index in [1.54, 1.807) is 37.5 Å². The second-order valence-corrected chi connectivity index (χ2v) is 3.99. The number of nitrogens with zero attached hydrogens (tertiary/aromatic N) is 2. The molecule has 0 saturated heterocycles. The molecule has 1 heterocycles. The highest BCUT2D eigenvalue weighted by atomic mass is 16.5. The Morgan fingerprint density at radius 1 is 1.28 bits per heavy atom. The zero-order valence-electron chi connectivity index (χ0n) is 10.4. The first-order chi connectivity index (χ1) is 8.66. The van der Waals surface area contributed by atoms with E-state index in [0.29, 0.717) is 18.0 Å². The standard InChI is InChI=1S/C14H14N2O2/c1-10-8-12(11(2)17)4-5-13(10)18-9-14-15-6-3-7-16-14/h3-8H,9H2,1-2H3. The second kappa shape index (κ2) is 5.40. The zero-order chi connectivity index (χ0) is 13.0. The van der Waals surface area contributed by atoms with Crippen molar-refractivity contribution < 1.29 is 9.53 Å². The number of aryl methyl sites for hydroxylation is 1. The average Bonchev–Trinajstić information content (AvgIpc) is 2.38. The molecule has 92 valence electrons. The maximum atomic E-state index is 11.2. The van der Waals surface area contributed by atoms with Crippen molar-refractivity contribution in [2.75, 3.05) is 0 Å². The second-order valence-electron chi connectivity index (χ2n) is 3.99. The lowest BCUT2D eigenvalue weighted by atomic mass is 10.1. The Morgan fingerprint density at radius 2 is 2.00 bits per heavy atom. The van der Waals surface area contributed by atoms with Gasteiger partial charge in [-0.25, -0.2) is 9.97 Å². The first-order valence-corrected chi connectivity index (χ1v) is 5.67. The van der Waals surface area contributed by atoms with Gasteiger partial charge >= 0.3 is 0 Å². The van der Waals surface area contributed by atoms with Crippen LogP contribution in [0.4, 0.5) is 0 Å². The number of hydrogen-bond acceptors (Lipinski definition) is 4. The molecule has 2 aromatic rings. The number of rotatable bonds is 4. The number of hydrogen-bond donors (Lipinski definition) is 0. The molecule has 0 spiro atoms. The van der Waals surface area contributed by atoms with Gasteiger partial charge in [-0.2, -0.15) is 0 Å². The molecular formula is C14H14N2O2. The van der Waals surface area contributed by atoms with E-state index in [4.69, 9.17) is 4.74 Å². The van der Waals surface area contributed by atoms with Crippen LogP contribution in [-0.2, 0) is 6.61 Å². The molecule has 0 amide bonds. The van der Waals surface area contributed by atoms with Crippen LogP contribution in [0.25, 0.3) is 0 Å². The topological polar surface area (TPSA) is 52.1 Å². The lowest BCUT2D eigenvalue weighted by Gasteiger charge is -2.09. The third-order valence-corrected chi connectivity index (χ3v) is 2.56. The van der Waals surface area contributed by atoms with Gasteiger partial charge < -0.3 is 4.74 Å². The van der Waals surface area contributed by atoms with Crippen molar-refractivity contribution in [3.8, 4) is 5.75 Å². The van der Waals surface area contributed by atoms with E-state index in [0.717, 1.165) is 11.3 Å². The molecule has 0 atom stereocenters. The van der Waals surface area contributed by atoms with Crippen molar-refractivity contribution in [2.45, 2.75) is 20.5 Å². The Bertz CT molecular complexity index is 553. The van der Waals surface area contributed by atoms with Gasteiger partial charge in [0.05, 0.1) is 0 Å². The number of ether oxygens (including phenoxy) is 1. The lowest BCUT2D eigenvalue weighted by molar-refractivity contribution is 0.101. The summed E-state index contributed by atoms with van der Waals surface area (Å²) in [5.74, 6) is 1.43. The van der Waals surface area contributed by atoms with Crippen molar-refractivity contribution >= 4 is 5.78 Å². The van der Waals surface area contributed by atoms with Gasteiger partial charge in [0.1, 0.15) is 12.4 Å². The summed E-state index contributed by atoms with van der Waals surface area (Å²) in [6.45, 7) is 3.78. The molecule has 1 aromatic carbocycles. The van der Waals surface area contributed by atoms with Gasteiger partial charge in [0.15, 0.2) is 11.6 Å². The smallest absolute Gasteiger partial charge is 0.166 e. The van der Waals surface area contributed by atoms with Crippen LogP contribution in [0.2, 0.25) is 0 Å². The SMILES string of the molecule is CC(=O)c1ccc(OCc2ncccn2)c(C)c1. The fourth-order valence-electron chi connectivity index (χ4n) is 1.58. The molecule has 0 saturated carbocycles. The molecule has 0 unspecified atom stereocenters. The molecule has 4 nitrogen and oxygen atoms in total. The highest BCUT2D eigenvalue weighted by Crippen LogP contribution is 2.20. The molecule has 0 radical (unpaired) electrons. The van der Waals surface area contributed by atoms with Crippen LogP contribution in [0.5, 0.6) is 5.75 Å². The molecule has 0 bridgehead atoms. The van der Waals surface area contributed by atoms with Crippen molar-refractivity contribution in [3.63, 3.8) is 0 Å². The Hall–Kier alpha value is -2.23. The highest BCUT2D eigenvalue weighted by Gasteiger charge is 2.05. The third kappa shape index (κ3) is 2.91. The third-order valence-electron chi connectivity index (χ3n) is 2.56. The number of Topliss-reactive ketones (excluding diaryl/α,β-unsaturated/α-hetero) is 1. The molecule has 0 aliphatic carbocycles. The fourth-order valence-corrected chi connectivity index (χ4v) is 1.58. The number of aromatic nitrogens is 2. The molecule has 18 heavy (non-hydrogen) atoms. The largest absolute Gasteiger partial charge is 0.485 e. The van der Waals surface area contributed by atoms with Crippen molar-refractivity contribution in [1.29, 1.82) is 0 Å². The van der Waals surface area contributed by atoms with E-state index < -0.39 is 0 Å². The Labute approximate surface area is 106 Å². The van der Waals surface area contributed by atoms with Crippen LogP contribution in [-0.4, -0.2) is 15.8 Å². The monoisotopic (exact) mass is 242 g/mol. The molecule has 0 fully saturated rings. The number of ketones is 1. The van der Waals surface area contributed by atoms with E-state index in [-0.39, 0.29) is 5.78 Å². The summed E-state index contributed by atoms with van der Waals surface area (Å²) in [6, 6.07) is 7.14. The van der Waals surface area contributed by atoms with Crippen LogP contribution in [0, 0.1) is 6.92 Å². The van der Waals surface area contributed by atoms with E-state index in [9.17, 15) is 4.79 Å². The van der Waals surface area contributed by atoms with E-state index in [2.05, 4.69) is 9.97 Å². The van der Waals surface area contributed by atoms with Gasteiger partial charge in [-0.05, 0) is 43.7 Å². The normalized spacial score (nSPS) is 10.1. The van der Waals surface area contributed by atoms with Crippen LogP contribution in [0.3, 0.4) is 0 Å².